The van der Waals surface area contributed by atoms with Crippen molar-refractivity contribution in [2.24, 2.45) is 5.92 Å². The first kappa shape index (κ1) is 18.9. The number of rotatable bonds is 3. The maximum absolute atomic E-state index is 12.4. The minimum atomic E-state index is -0.137. The van der Waals surface area contributed by atoms with Gasteiger partial charge >= 0.3 is 0 Å². The van der Waals surface area contributed by atoms with E-state index >= 15 is 0 Å². The summed E-state index contributed by atoms with van der Waals surface area (Å²) in [6.45, 7) is 6.32. The molecule has 3 N–H and O–H groups in total. The van der Waals surface area contributed by atoms with E-state index in [9.17, 15) is 4.79 Å². The second-order valence-corrected chi connectivity index (χ2v) is 8.53. The number of thiocarbonyl (C=S) groups is 1. The van der Waals surface area contributed by atoms with Gasteiger partial charge in [-0.15, -0.1) is 11.3 Å². The zero-order chi connectivity index (χ0) is 18.7. The third kappa shape index (κ3) is 4.62. The van der Waals surface area contributed by atoms with Crippen molar-refractivity contribution in [1.82, 2.24) is 10.9 Å². The minimum absolute atomic E-state index is 0.137. The van der Waals surface area contributed by atoms with Gasteiger partial charge in [0, 0.05) is 10.6 Å². The van der Waals surface area contributed by atoms with Crippen LogP contribution in [0.3, 0.4) is 0 Å². The summed E-state index contributed by atoms with van der Waals surface area (Å²) in [6, 6.07) is 8.17. The smallest absolute Gasteiger partial charge is 0.279 e. The average molecular weight is 388 g/mol. The molecule has 3 rings (SSSR count). The third-order valence-electron chi connectivity index (χ3n) is 4.76. The van der Waals surface area contributed by atoms with E-state index in [1.54, 1.807) is 11.3 Å². The Balaban J connectivity index is 1.55. The lowest BCUT2D eigenvalue weighted by atomic mass is 9.87. The molecular weight excluding hydrogens is 362 g/mol. The molecule has 0 aliphatic heterocycles. The van der Waals surface area contributed by atoms with Crippen molar-refractivity contribution in [3.8, 4) is 0 Å². The lowest BCUT2D eigenvalue weighted by Crippen LogP contribution is -2.43. The zero-order valence-electron chi connectivity index (χ0n) is 15.4. The van der Waals surface area contributed by atoms with Gasteiger partial charge in [-0.3, -0.25) is 15.6 Å². The number of hydrogen-bond acceptors (Lipinski definition) is 3. The molecule has 1 aliphatic rings. The molecule has 0 bridgehead atoms. The molecule has 2 aromatic rings. The van der Waals surface area contributed by atoms with Gasteiger partial charge in [0.2, 0.25) is 0 Å². The number of hydrogen-bond donors (Lipinski definition) is 3. The molecule has 0 saturated heterocycles. The Labute approximate surface area is 164 Å². The topological polar surface area (TPSA) is 53.2 Å². The third-order valence-corrected chi connectivity index (χ3v) is 6.20. The first-order chi connectivity index (χ1) is 12.4. The molecule has 138 valence electrons. The monoisotopic (exact) mass is 387 g/mol. The Hall–Kier alpha value is -1.92. The number of thiophene rings is 1. The average Bonchev–Trinajstić information content (AvgIpc) is 3.01. The summed E-state index contributed by atoms with van der Waals surface area (Å²) in [4.78, 5) is 14.5. The summed E-state index contributed by atoms with van der Waals surface area (Å²) < 4.78 is 0. The second kappa shape index (κ2) is 8.18. The molecule has 4 nitrogen and oxygen atoms in total. The Morgan fingerprint density at radius 3 is 2.62 bits per heavy atom. The summed E-state index contributed by atoms with van der Waals surface area (Å²) in [7, 11) is 0. The Bertz CT molecular complexity index is 808. The van der Waals surface area contributed by atoms with Crippen LogP contribution in [0.25, 0.3) is 0 Å². The van der Waals surface area contributed by atoms with Crippen LogP contribution in [0.2, 0.25) is 0 Å². The van der Waals surface area contributed by atoms with Gasteiger partial charge in [-0.1, -0.05) is 19.4 Å². The van der Waals surface area contributed by atoms with Crippen LogP contribution in [-0.4, -0.2) is 11.0 Å². The highest BCUT2D eigenvalue weighted by Gasteiger charge is 2.22. The summed E-state index contributed by atoms with van der Waals surface area (Å²) >= 11 is 6.87. The molecule has 1 atom stereocenters. The van der Waals surface area contributed by atoms with Crippen LogP contribution in [0, 0.1) is 19.8 Å². The molecule has 6 heteroatoms. The predicted molar refractivity (Wildman–Crippen MR) is 113 cm³/mol. The summed E-state index contributed by atoms with van der Waals surface area (Å²) in [5.41, 5.74) is 10.1. The summed E-state index contributed by atoms with van der Waals surface area (Å²) in [5.74, 6) is 0.614. The highest BCUT2D eigenvalue weighted by molar-refractivity contribution is 7.80. The Morgan fingerprint density at radius 1 is 1.19 bits per heavy atom. The summed E-state index contributed by atoms with van der Waals surface area (Å²) in [5, 5.41) is 3.47. The van der Waals surface area contributed by atoms with E-state index in [-0.39, 0.29) is 5.91 Å². The highest BCUT2D eigenvalue weighted by Crippen LogP contribution is 2.33. The normalized spacial score (nSPS) is 15.9. The van der Waals surface area contributed by atoms with E-state index in [0.29, 0.717) is 5.11 Å². The fraction of sp³-hybridized carbons (Fsp3) is 0.400. The van der Waals surface area contributed by atoms with E-state index in [4.69, 9.17) is 12.2 Å². The first-order valence-corrected chi connectivity index (χ1v) is 10.2. The molecule has 0 spiro atoms. The Morgan fingerprint density at radius 2 is 1.92 bits per heavy atom. The number of fused-ring (bicyclic) bond motifs is 1. The van der Waals surface area contributed by atoms with Gasteiger partial charge < -0.3 is 5.32 Å². The largest absolute Gasteiger partial charge is 0.331 e. The van der Waals surface area contributed by atoms with Crippen molar-refractivity contribution in [1.29, 1.82) is 0 Å². The molecule has 0 unspecified atom stereocenters. The fourth-order valence-corrected chi connectivity index (χ4v) is 4.72. The van der Waals surface area contributed by atoms with Gasteiger partial charge in [-0.2, -0.15) is 0 Å². The highest BCUT2D eigenvalue weighted by atomic mass is 32.1. The number of amides is 1. The number of carbonyl (C=O) groups excluding carboxylic acids is 1. The predicted octanol–water partition coefficient (Wildman–Crippen LogP) is 4.51. The van der Waals surface area contributed by atoms with Crippen molar-refractivity contribution in [2.45, 2.75) is 46.5 Å². The quantitative estimate of drug-likeness (QED) is 0.536. The number of nitrogens with one attached hydrogen (secondary N) is 3. The van der Waals surface area contributed by atoms with Crippen molar-refractivity contribution >= 4 is 40.3 Å². The molecule has 1 heterocycles. The molecule has 0 fully saturated rings. The van der Waals surface area contributed by atoms with Crippen LogP contribution in [0.1, 0.15) is 51.0 Å². The zero-order valence-corrected chi connectivity index (χ0v) is 17.1. The van der Waals surface area contributed by atoms with Gasteiger partial charge in [0.15, 0.2) is 5.11 Å². The van der Waals surface area contributed by atoms with Gasteiger partial charge in [0.25, 0.3) is 5.91 Å². The van der Waals surface area contributed by atoms with Gasteiger partial charge in [-0.25, -0.2) is 0 Å². The van der Waals surface area contributed by atoms with Crippen molar-refractivity contribution < 1.29 is 4.79 Å². The molecule has 1 aromatic carbocycles. The number of carbonyl (C=O) groups is 1. The second-order valence-electron chi connectivity index (χ2n) is 6.99. The summed E-state index contributed by atoms with van der Waals surface area (Å²) in [6.07, 6.45) is 4.62. The number of benzene rings is 1. The number of aryl methyl sites for hydroxylation is 3. The number of hydrazine groups is 1. The fourth-order valence-electron chi connectivity index (χ4n) is 3.44. The molecular formula is C20H25N3OS2. The van der Waals surface area contributed by atoms with Crippen LogP contribution in [-0.2, 0) is 12.8 Å². The van der Waals surface area contributed by atoms with Crippen LogP contribution < -0.4 is 16.2 Å². The maximum atomic E-state index is 12.4. The standard InChI is InChI=1S/C20H25N3OS2/c1-4-14-5-6-17-15(10-14)11-18(26-17)19(24)22-23-20(25)21-16-8-12(2)7-13(3)9-16/h7-9,11,14H,4-6,10H2,1-3H3,(H,22,24)(H2,21,23,25)/t14-/m0/s1. The van der Waals surface area contributed by atoms with E-state index in [2.05, 4.69) is 29.2 Å². The Kier molecular flexibility index (Phi) is 5.94. The molecule has 1 aromatic heterocycles. The molecule has 0 radical (unpaired) electrons. The molecule has 0 saturated carbocycles. The van der Waals surface area contributed by atoms with Crippen LogP contribution in [0.4, 0.5) is 5.69 Å². The van der Waals surface area contributed by atoms with Crippen LogP contribution in [0.15, 0.2) is 24.3 Å². The van der Waals surface area contributed by atoms with Gasteiger partial charge in [0.1, 0.15) is 0 Å². The maximum Gasteiger partial charge on any atom is 0.279 e. The van der Waals surface area contributed by atoms with Crippen LogP contribution >= 0.6 is 23.6 Å². The lowest BCUT2D eigenvalue weighted by molar-refractivity contribution is 0.0948. The minimum Gasteiger partial charge on any atom is -0.331 e. The molecule has 26 heavy (non-hydrogen) atoms. The van der Waals surface area contributed by atoms with Crippen molar-refractivity contribution in [3.05, 3.63) is 50.7 Å². The SMILES string of the molecule is CC[C@H]1CCc2sc(C(=O)NNC(=S)Nc3cc(C)cc(C)c3)cc2C1. The lowest BCUT2D eigenvalue weighted by Gasteiger charge is -2.19. The van der Waals surface area contributed by atoms with Crippen molar-refractivity contribution in [3.63, 3.8) is 0 Å². The molecule has 1 aliphatic carbocycles. The van der Waals surface area contributed by atoms with Crippen LogP contribution in [0.5, 0.6) is 0 Å². The van der Waals surface area contributed by atoms with Gasteiger partial charge in [-0.05, 0) is 86.1 Å². The number of anilines is 1. The first-order valence-electron chi connectivity index (χ1n) is 9.01. The van der Waals surface area contributed by atoms with E-state index in [1.165, 1.54) is 23.3 Å². The molecule has 1 amide bonds. The van der Waals surface area contributed by atoms with E-state index in [0.717, 1.165) is 40.5 Å². The van der Waals surface area contributed by atoms with E-state index in [1.807, 2.05) is 32.0 Å². The van der Waals surface area contributed by atoms with Gasteiger partial charge in [0.05, 0.1) is 4.88 Å². The van der Waals surface area contributed by atoms with E-state index < -0.39 is 0 Å². The van der Waals surface area contributed by atoms with Crippen molar-refractivity contribution in [2.75, 3.05) is 5.32 Å².